The van der Waals surface area contributed by atoms with Crippen LogP contribution in [-0.2, 0) is 14.8 Å². The third-order valence-electron chi connectivity index (χ3n) is 4.46. The molecule has 0 unspecified atom stereocenters. The summed E-state index contributed by atoms with van der Waals surface area (Å²) in [7, 11) is -3.89. The fraction of sp³-hybridized carbons (Fsp3) is 0.316. The molecule has 1 heterocycles. The van der Waals surface area contributed by atoms with Crippen molar-refractivity contribution in [1.29, 1.82) is 0 Å². The Balaban J connectivity index is 1.49. The van der Waals surface area contributed by atoms with Crippen molar-refractivity contribution in [2.75, 3.05) is 25.0 Å². The molecule has 1 fully saturated rings. The molecule has 2 N–H and O–H groups in total. The minimum absolute atomic E-state index is 0.105. The van der Waals surface area contributed by atoms with E-state index in [-0.39, 0.29) is 23.4 Å². The van der Waals surface area contributed by atoms with Gasteiger partial charge in [-0.15, -0.1) is 0 Å². The summed E-state index contributed by atoms with van der Waals surface area (Å²) in [5.74, 6) is -0.869. The first-order valence-electron chi connectivity index (χ1n) is 8.78. The van der Waals surface area contributed by atoms with Gasteiger partial charge >= 0.3 is 0 Å². The van der Waals surface area contributed by atoms with Gasteiger partial charge in [0.1, 0.15) is 10.7 Å². The van der Waals surface area contributed by atoms with E-state index in [4.69, 9.17) is 0 Å². The first-order chi connectivity index (χ1) is 12.9. The molecule has 0 saturated carbocycles. The molecule has 0 spiro atoms. The third kappa shape index (κ3) is 5.35. The first kappa shape index (κ1) is 19.5. The number of carbonyl (C=O) groups is 1. The van der Waals surface area contributed by atoms with Crippen LogP contribution in [0.25, 0.3) is 0 Å². The summed E-state index contributed by atoms with van der Waals surface area (Å²) in [5.41, 5.74) is 0.745. The highest BCUT2D eigenvalue weighted by Crippen LogP contribution is 2.17. The predicted octanol–water partition coefficient (Wildman–Crippen LogP) is 2.21. The number of anilines is 1. The van der Waals surface area contributed by atoms with Gasteiger partial charge in [-0.2, -0.15) is 0 Å². The van der Waals surface area contributed by atoms with Crippen LogP contribution in [0.15, 0.2) is 59.5 Å². The van der Waals surface area contributed by atoms with Gasteiger partial charge in [-0.25, -0.2) is 17.5 Å². The van der Waals surface area contributed by atoms with E-state index in [9.17, 15) is 17.6 Å². The van der Waals surface area contributed by atoms with Gasteiger partial charge in [0.2, 0.25) is 15.9 Å². The topological polar surface area (TPSA) is 78.5 Å². The molecule has 1 aliphatic rings. The van der Waals surface area contributed by atoms with Crippen molar-refractivity contribution >= 4 is 21.6 Å². The number of para-hydroxylation sites is 1. The van der Waals surface area contributed by atoms with E-state index in [1.165, 1.54) is 18.2 Å². The van der Waals surface area contributed by atoms with Crippen molar-refractivity contribution in [2.45, 2.75) is 23.8 Å². The maximum atomic E-state index is 13.8. The van der Waals surface area contributed by atoms with E-state index < -0.39 is 15.8 Å². The van der Waals surface area contributed by atoms with E-state index in [2.05, 4.69) is 10.0 Å². The minimum Gasteiger partial charge on any atom is -0.325 e. The summed E-state index contributed by atoms with van der Waals surface area (Å²) < 4.78 is 41.0. The average Bonchev–Trinajstić information content (AvgIpc) is 2.64. The van der Waals surface area contributed by atoms with E-state index in [0.717, 1.165) is 11.8 Å². The molecule has 8 heteroatoms. The summed E-state index contributed by atoms with van der Waals surface area (Å²) >= 11 is 0. The minimum atomic E-state index is -3.89. The Bertz CT molecular complexity index is 882. The lowest BCUT2D eigenvalue weighted by Gasteiger charge is -2.31. The normalized spacial score (nSPS) is 16.2. The van der Waals surface area contributed by atoms with Crippen LogP contribution in [0.4, 0.5) is 10.1 Å². The molecule has 2 aromatic rings. The number of hydrogen-bond donors (Lipinski definition) is 2. The molecular formula is C19H22FN3O3S. The highest BCUT2D eigenvalue weighted by atomic mass is 32.2. The smallest absolute Gasteiger partial charge is 0.243 e. The van der Waals surface area contributed by atoms with Gasteiger partial charge in [-0.05, 0) is 37.1 Å². The summed E-state index contributed by atoms with van der Waals surface area (Å²) in [5, 5.41) is 2.83. The molecule has 2 aromatic carbocycles. The van der Waals surface area contributed by atoms with Crippen molar-refractivity contribution in [3.8, 4) is 0 Å². The van der Waals surface area contributed by atoms with Gasteiger partial charge in [-0.1, -0.05) is 30.3 Å². The number of likely N-dealkylation sites (tertiary alicyclic amines) is 1. The van der Waals surface area contributed by atoms with Crippen LogP contribution < -0.4 is 10.0 Å². The number of halogens is 1. The summed E-state index contributed by atoms with van der Waals surface area (Å²) in [6.07, 6.45) is 1.12. The highest BCUT2D eigenvalue weighted by molar-refractivity contribution is 7.89. The number of nitrogens with zero attached hydrogens (tertiary/aromatic N) is 1. The monoisotopic (exact) mass is 391 g/mol. The molecule has 0 aliphatic carbocycles. The van der Waals surface area contributed by atoms with Crippen LogP contribution in [0.2, 0.25) is 0 Å². The van der Waals surface area contributed by atoms with E-state index in [1.54, 1.807) is 0 Å². The van der Waals surface area contributed by atoms with Gasteiger partial charge in [-0.3, -0.25) is 9.69 Å². The zero-order valence-electron chi connectivity index (χ0n) is 14.8. The molecule has 1 aliphatic heterocycles. The molecule has 0 atom stereocenters. The van der Waals surface area contributed by atoms with E-state index >= 15 is 0 Å². The van der Waals surface area contributed by atoms with Gasteiger partial charge in [0.15, 0.2) is 0 Å². The number of benzene rings is 2. The molecule has 1 saturated heterocycles. The maximum Gasteiger partial charge on any atom is 0.243 e. The number of hydrogen-bond acceptors (Lipinski definition) is 4. The lowest BCUT2D eigenvalue weighted by atomic mass is 10.1. The van der Waals surface area contributed by atoms with Crippen LogP contribution >= 0.6 is 0 Å². The van der Waals surface area contributed by atoms with Crippen LogP contribution in [0.5, 0.6) is 0 Å². The maximum absolute atomic E-state index is 13.8. The molecule has 0 bridgehead atoms. The Morgan fingerprint density at radius 1 is 1.04 bits per heavy atom. The number of carbonyl (C=O) groups excluding carboxylic acids is 1. The molecule has 27 heavy (non-hydrogen) atoms. The van der Waals surface area contributed by atoms with E-state index in [1.807, 2.05) is 35.2 Å². The Kier molecular flexibility index (Phi) is 6.20. The third-order valence-corrected chi connectivity index (χ3v) is 6.01. The molecular weight excluding hydrogens is 369 g/mol. The Morgan fingerprint density at radius 2 is 1.67 bits per heavy atom. The number of nitrogens with one attached hydrogen (secondary N) is 2. The van der Waals surface area contributed by atoms with Crippen LogP contribution in [0.3, 0.4) is 0 Å². The van der Waals surface area contributed by atoms with Crippen molar-refractivity contribution < 1.29 is 17.6 Å². The van der Waals surface area contributed by atoms with Crippen molar-refractivity contribution in [3.63, 3.8) is 0 Å². The summed E-state index contributed by atoms with van der Waals surface area (Å²) in [6, 6.07) is 14.3. The molecule has 0 aromatic heterocycles. The Labute approximate surface area is 158 Å². The number of piperidine rings is 1. The standard InChI is InChI=1S/C19H22FN3O3S/c20-17-8-4-5-9-18(17)27(25,26)22-16-10-12-23(13-11-16)14-19(24)21-15-6-2-1-3-7-15/h1-9,16,22H,10-14H2,(H,21,24). The fourth-order valence-electron chi connectivity index (χ4n) is 3.08. The molecule has 1 amide bonds. The lowest BCUT2D eigenvalue weighted by Crippen LogP contribution is -2.46. The highest BCUT2D eigenvalue weighted by Gasteiger charge is 2.26. The largest absolute Gasteiger partial charge is 0.325 e. The second-order valence-corrected chi connectivity index (χ2v) is 8.20. The van der Waals surface area contributed by atoms with Crippen LogP contribution in [0.1, 0.15) is 12.8 Å². The molecule has 0 radical (unpaired) electrons. The second-order valence-electron chi connectivity index (χ2n) is 6.52. The predicted molar refractivity (Wildman–Crippen MR) is 101 cm³/mol. The zero-order valence-corrected chi connectivity index (χ0v) is 15.6. The van der Waals surface area contributed by atoms with Crippen molar-refractivity contribution in [3.05, 3.63) is 60.4 Å². The SMILES string of the molecule is O=C(CN1CCC(NS(=O)(=O)c2ccccc2F)CC1)Nc1ccccc1. The molecule has 3 rings (SSSR count). The lowest BCUT2D eigenvalue weighted by molar-refractivity contribution is -0.117. The number of rotatable bonds is 6. The quantitative estimate of drug-likeness (QED) is 0.791. The van der Waals surface area contributed by atoms with Gasteiger partial charge in [0.25, 0.3) is 0 Å². The summed E-state index contributed by atoms with van der Waals surface area (Å²) in [6.45, 7) is 1.43. The van der Waals surface area contributed by atoms with Gasteiger partial charge < -0.3 is 5.32 Å². The molecule has 6 nitrogen and oxygen atoms in total. The van der Waals surface area contributed by atoms with Crippen LogP contribution in [0, 0.1) is 5.82 Å². The molecule has 144 valence electrons. The Morgan fingerprint density at radius 3 is 2.33 bits per heavy atom. The van der Waals surface area contributed by atoms with Crippen LogP contribution in [-0.4, -0.2) is 44.9 Å². The van der Waals surface area contributed by atoms with E-state index in [0.29, 0.717) is 25.9 Å². The fourth-order valence-corrected chi connectivity index (χ4v) is 4.46. The van der Waals surface area contributed by atoms with Crippen molar-refractivity contribution in [2.24, 2.45) is 0 Å². The zero-order chi connectivity index (χ0) is 19.3. The van der Waals surface area contributed by atoms with Gasteiger partial charge in [0, 0.05) is 24.8 Å². The second kappa shape index (κ2) is 8.60. The average molecular weight is 391 g/mol. The van der Waals surface area contributed by atoms with Crippen molar-refractivity contribution in [1.82, 2.24) is 9.62 Å². The first-order valence-corrected chi connectivity index (χ1v) is 10.3. The summed E-state index contributed by atoms with van der Waals surface area (Å²) in [4.78, 5) is 13.7. The number of sulfonamides is 1. The number of amides is 1. The van der Waals surface area contributed by atoms with Gasteiger partial charge in [0.05, 0.1) is 6.54 Å². The Hall–Kier alpha value is -2.29.